The summed E-state index contributed by atoms with van der Waals surface area (Å²) in [5, 5.41) is 32.6. The summed E-state index contributed by atoms with van der Waals surface area (Å²) in [6, 6.07) is 15.4. The van der Waals surface area contributed by atoms with Crippen LogP contribution in [0, 0.1) is 23.7 Å². The first kappa shape index (κ1) is 31.7. The number of hydrogen-bond acceptors (Lipinski definition) is 7. The number of aliphatic hydroxyl groups excluding tert-OH is 1. The summed E-state index contributed by atoms with van der Waals surface area (Å²) in [5.74, 6) is 7.09. The van der Waals surface area contributed by atoms with Crippen LogP contribution in [-0.2, 0) is 36.9 Å². The molecule has 0 saturated heterocycles. The van der Waals surface area contributed by atoms with Crippen molar-refractivity contribution in [2.45, 2.75) is 57.5 Å². The van der Waals surface area contributed by atoms with Crippen molar-refractivity contribution in [2.24, 2.45) is 28.3 Å². The van der Waals surface area contributed by atoms with Gasteiger partial charge in [0, 0.05) is 42.9 Å². The lowest BCUT2D eigenvalue weighted by molar-refractivity contribution is -0.121. The van der Waals surface area contributed by atoms with Gasteiger partial charge in [-0.05, 0) is 60.8 Å². The third-order valence-electron chi connectivity index (χ3n) is 8.76. The van der Waals surface area contributed by atoms with Gasteiger partial charge in [-0.25, -0.2) is 0 Å². The molecule has 3 aromatic rings. The zero-order valence-corrected chi connectivity index (χ0v) is 25.6. The molecular formula is C36H41N3O6. The monoisotopic (exact) mass is 611 g/mol. The number of Topliss-reactive ketones (excluding diaryl/α,β-unsaturated/α-hetero) is 1. The van der Waals surface area contributed by atoms with E-state index in [1.54, 1.807) is 6.07 Å². The standard InChI is InChI=1S/C36H41N3O6/c1-44-34-30-9-5-8-25-17-24(11-14-29(41)19-28(40)13-10-23(30)12-15-32(34)42)31-18-27(21-45-35(31)33(25)43)26(20-39-36(37)38)16-22-6-3-2-4-7-22/h2-4,6-7,12,15,17,26-27,29,41-43H,8,10-11,13-14,16,18-21H2,1H3,(H4,37,38,39). The Bertz CT molecular complexity index is 1620. The predicted molar refractivity (Wildman–Crippen MR) is 173 cm³/mol. The summed E-state index contributed by atoms with van der Waals surface area (Å²) in [5.41, 5.74) is 16.3. The summed E-state index contributed by atoms with van der Waals surface area (Å²) in [6.07, 6.45) is 2.38. The van der Waals surface area contributed by atoms with Crippen LogP contribution in [0.4, 0.5) is 0 Å². The number of aryl methyl sites for hydroxylation is 2. The Hall–Kier alpha value is -4.68. The van der Waals surface area contributed by atoms with Crippen LogP contribution in [0.3, 0.4) is 0 Å². The molecule has 2 bridgehead atoms. The van der Waals surface area contributed by atoms with Gasteiger partial charge in [0.25, 0.3) is 0 Å². The van der Waals surface area contributed by atoms with Gasteiger partial charge in [-0.2, -0.15) is 0 Å². The molecule has 1 heterocycles. The van der Waals surface area contributed by atoms with Crippen LogP contribution in [0.5, 0.6) is 23.0 Å². The number of methoxy groups -OCH3 is 1. The largest absolute Gasteiger partial charge is 0.504 e. The van der Waals surface area contributed by atoms with E-state index in [1.807, 2.05) is 24.3 Å². The van der Waals surface area contributed by atoms with Crippen LogP contribution < -0.4 is 20.9 Å². The van der Waals surface area contributed by atoms with Crippen LogP contribution in [-0.4, -0.2) is 53.4 Å². The van der Waals surface area contributed by atoms with Crippen molar-refractivity contribution < 1.29 is 29.6 Å². The summed E-state index contributed by atoms with van der Waals surface area (Å²) in [6.45, 7) is 0.824. The number of fused-ring (bicyclic) bond motifs is 5. The van der Waals surface area contributed by atoms with Crippen molar-refractivity contribution >= 4 is 11.7 Å². The molecule has 0 fully saturated rings. The van der Waals surface area contributed by atoms with E-state index in [2.05, 4.69) is 29.0 Å². The zero-order valence-electron chi connectivity index (χ0n) is 25.6. The number of aromatic hydroxyl groups is 2. The SMILES string of the molecule is COc1c(O)ccc2c1C#CCc1cc(c3c(c1O)OCC(C(CN=C(N)N)Cc1ccccc1)C3)CCC(O)CC(=O)CC2. The van der Waals surface area contributed by atoms with E-state index in [-0.39, 0.29) is 60.1 Å². The molecule has 7 N–H and O–H groups in total. The molecule has 0 aromatic heterocycles. The third-order valence-corrected chi connectivity index (χ3v) is 8.76. The van der Waals surface area contributed by atoms with E-state index in [9.17, 15) is 20.1 Å². The Morgan fingerprint density at radius 3 is 2.62 bits per heavy atom. The highest BCUT2D eigenvalue weighted by molar-refractivity contribution is 5.79. The number of nitrogens with zero attached hydrogens (tertiary/aromatic N) is 1. The van der Waals surface area contributed by atoms with Crippen molar-refractivity contribution in [1.29, 1.82) is 0 Å². The maximum atomic E-state index is 12.8. The second kappa shape index (κ2) is 14.4. The highest BCUT2D eigenvalue weighted by atomic mass is 16.5. The van der Waals surface area contributed by atoms with E-state index < -0.39 is 6.10 Å². The summed E-state index contributed by atoms with van der Waals surface area (Å²) >= 11 is 0. The van der Waals surface area contributed by atoms with E-state index in [0.717, 1.165) is 23.1 Å². The molecule has 236 valence electrons. The molecule has 45 heavy (non-hydrogen) atoms. The lowest BCUT2D eigenvalue weighted by Gasteiger charge is -2.33. The van der Waals surface area contributed by atoms with Crippen LogP contribution in [0.1, 0.15) is 52.6 Å². The Morgan fingerprint density at radius 2 is 1.87 bits per heavy atom. The highest BCUT2D eigenvalue weighted by Crippen LogP contribution is 2.43. The first-order valence-corrected chi connectivity index (χ1v) is 15.4. The summed E-state index contributed by atoms with van der Waals surface area (Å²) in [4.78, 5) is 17.2. The molecule has 0 radical (unpaired) electrons. The van der Waals surface area contributed by atoms with Gasteiger partial charge in [0.2, 0.25) is 0 Å². The van der Waals surface area contributed by atoms with E-state index in [0.29, 0.717) is 55.7 Å². The minimum Gasteiger partial charge on any atom is -0.504 e. The molecule has 3 aromatic carbocycles. The Kier molecular flexibility index (Phi) is 10.2. The molecule has 1 aliphatic heterocycles. The first-order valence-electron chi connectivity index (χ1n) is 15.4. The Labute approximate surface area is 263 Å². The Balaban J connectivity index is 1.51. The number of aliphatic hydroxyl groups is 1. The number of guanidine groups is 1. The number of hydrogen-bond donors (Lipinski definition) is 5. The van der Waals surface area contributed by atoms with E-state index >= 15 is 0 Å². The van der Waals surface area contributed by atoms with Crippen molar-refractivity contribution in [1.82, 2.24) is 0 Å². The van der Waals surface area contributed by atoms with Crippen molar-refractivity contribution in [3.05, 3.63) is 81.9 Å². The molecular weight excluding hydrogens is 570 g/mol. The van der Waals surface area contributed by atoms with Gasteiger partial charge in [-0.15, -0.1) is 0 Å². The number of rotatable bonds is 6. The molecule has 9 nitrogen and oxygen atoms in total. The molecule has 2 aliphatic rings. The molecule has 0 saturated carbocycles. The quantitative estimate of drug-likeness (QED) is 0.161. The minimum absolute atomic E-state index is 0.0391. The number of phenolic OH excluding ortho intramolecular Hbond substituents is 2. The predicted octanol–water partition coefficient (Wildman–Crippen LogP) is 3.58. The molecule has 1 aliphatic carbocycles. The fourth-order valence-corrected chi connectivity index (χ4v) is 6.33. The number of carbonyl (C=O) groups is 1. The van der Waals surface area contributed by atoms with Gasteiger partial charge < -0.3 is 36.3 Å². The Morgan fingerprint density at radius 1 is 1.07 bits per heavy atom. The van der Waals surface area contributed by atoms with Gasteiger partial charge in [-0.1, -0.05) is 54.3 Å². The lowest BCUT2D eigenvalue weighted by atomic mass is 9.79. The topological polar surface area (TPSA) is 161 Å². The molecule has 9 heteroatoms. The molecule has 5 rings (SSSR count). The number of aliphatic imine (C=N–C) groups is 1. The van der Waals surface area contributed by atoms with Crippen molar-refractivity contribution in [3.63, 3.8) is 0 Å². The average molecular weight is 612 g/mol. The molecule has 3 unspecified atom stereocenters. The van der Waals surface area contributed by atoms with E-state index in [4.69, 9.17) is 20.9 Å². The lowest BCUT2D eigenvalue weighted by Crippen LogP contribution is -2.33. The second-order valence-corrected chi connectivity index (χ2v) is 11.9. The maximum absolute atomic E-state index is 12.8. The van der Waals surface area contributed by atoms with Crippen LogP contribution >= 0.6 is 0 Å². The van der Waals surface area contributed by atoms with Crippen LogP contribution in [0.2, 0.25) is 0 Å². The smallest absolute Gasteiger partial charge is 0.185 e. The van der Waals surface area contributed by atoms with Gasteiger partial charge >= 0.3 is 0 Å². The van der Waals surface area contributed by atoms with E-state index in [1.165, 1.54) is 18.7 Å². The van der Waals surface area contributed by atoms with Crippen molar-refractivity contribution in [2.75, 3.05) is 20.3 Å². The number of nitrogens with two attached hydrogens (primary N) is 2. The zero-order chi connectivity index (χ0) is 31.9. The molecule has 0 amide bonds. The third kappa shape index (κ3) is 7.70. The molecule has 3 atom stereocenters. The fraction of sp³-hybridized carbons (Fsp3) is 0.389. The number of ether oxygens (including phenoxy) is 2. The van der Waals surface area contributed by atoms with Gasteiger partial charge in [0.15, 0.2) is 29.0 Å². The second-order valence-electron chi connectivity index (χ2n) is 11.9. The van der Waals surface area contributed by atoms with Gasteiger partial charge in [0.1, 0.15) is 5.78 Å². The average Bonchev–Trinajstić information content (AvgIpc) is 3.03. The van der Waals surface area contributed by atoms with Crippen LogP contribution in [0.15, 0.2) is 53.5 Å². The maximum Gasteiger partial charge on any atom is 0.185 e. The number of benzene rings is 3. The van der Waals surface area contributed by atoms with Gasteiger partial charge in [0.05, 0.1) is 25.4 Å². The van der Waals surface area contributed by atoms with Gasteiger partial charge in [-0.3, -0.25) is 9.79 Å². The number of ketones is 1. The van der Waals surface area contributed by atoms with Crippen molar-refractivity contribution in [3.8, 4) is 34.8 Å². The first-order chi connectivity index (χ1) is 21.7. The molecule has 0 spiro atoms. The summed E-state index contributed by atoms with van der Waals surface area (Å²) in [7, 11) is 1.46. The number of carbonyl (C=O) groups excluding carboxylic acids is 1. The number of phenols is 2. The minimum atomic E-state index is -0.811. The summed E-state index contributed by atoms with van der Waals surface area (Å²) < 4.78 is 11.8. The van der Waals surface area contributed by atoms with Crippen LogP contribution in [0.25, 0.3) is 0 Å². The highest BCUT2D eigenvalue weighted by Gasteiger charge is 2.32. The fourth-order valence-electron chi connectivity index (χ4n) is 6.33. The normalized spacial score (nSPS) is 18.8.